The third kappa shape index (κ3) is 6.52. The minimum atomic E-state index is -0.334. The van der Waals surface area contributed by atoms with Gasteiger partial charge < -0.3 is 15.0 Å². The fourth-order valence-corrected chi connectivity index (χ4v) is 4.29. The fourth-order valence-electron chi connectivity index (χ4n) is 4.17. The molecule has 0 atom stereocenters. The monoisotopic (exact) mass is 505 g/mol. The number of methoxy groups -OCH3 is 1. The number of anilines is 1. The van der Waals surface area contributed by atoms with Crippen molar-refractivity contribution in [1.29, 1.82) is 5.41 Å². The van der Waals surface area contributed by atoms with E-state index in [1.54, 1.807) is 54.6 Å². The topological polar surface area (TPSA) is 82.5 Å². The van der Waals surface area contributed by atoms with Crippen molar-refractivity contribution in [1.82, 2.24) is 4.90 Å². The Bertz CT molecular complexity index is 1220. The first-order chi connectivity index (χ1) is 16.9. The quantitative estimate of drug-likeness (QED) is 0.219. The summed E-state index contributed by atoms with van der Waals surface area (Å²) in [6, 6.07) is 19.1. The van der Waals surface area contributed by atoms with Crippen molar-refractivity contribution in [3.05, 3.63) is 94.0 Å². The first kappa shape index (κ1) is 27.0. The van der Waals surface area contributed by atoms with Crippen LogP contribution in [0.3, 0.4) is 0 Å². The van der Waals surface area contributed by atoms with E-state index in [2.05, 4.69) is 10.2 Å². The van der Waals surface area contributed by atoms with Crippen molar-refractivity contribution in [2.24, 2.45) is 0 Å². The van der Waals surface area contributed by atoms with Crippen LogP contribution in [-0.2, 0) is 6.42 Å². The minimum absolute atomic E-state index is 0. The molecule has 3 aromatic rings. The number of amides is 1. The number of Topliss-reactive ketones (excluding diaryl/α,β-unsaturated/α-hetero) is 1. The summed E-state index contributed by atoms with van der Waals surface area (Å²) in [4.78, 5) is 28.2. The molecule has 0 aromatic heterocycles. The lowest BCUT2D eigenvalue weighted by molar-refractivity contribution is 0.0992. The Morgan fingerprint density at radius 2 is 1.58 bits per heavy atom. The zero-order chi connectivity index (χ0) is 24.8. The second kappa shape index (κ2) is 12.4. The molecule has 2 N–H and O–H groups in total. The van der Waals surface area contributed by atoms with E-state index in [0.29, 0.717) is 39.0 Å². The molecule has 1 aliphatic rings. The number of carbonyl (C=O) groups excluding carboxylic acids is 2. The van der Waals surface area contributed by atoms with E-state index in [1.807, 2.05) is 12.1 Å². The summed E-state index contributed by atoms with van der Waals surface area (Å²) in [5, 5.41) is 11.9. The first-order valence-electron chi connectivity index (χ1n) is 11.7. The summed E-state index contributed by atoms with van der Waals surface area (Å²) in [5.74, 6) is 0.592. The van der Waals surface area contributed by atoms with Crippen LogP contribution >= 0.6 is 11.6 Å². The molecule has 1 aliphatic heterocycles. The van der Waals surface area contributed by atoms with E-state index in [4.69, 9.17) is 21.7 Å². The molecular formula is C29H32ClN3O3. The predicted molar refractivity (Wildman–Crippen MR) is 146 cm³/mol. The van der Waals surface area contributed by atoms with Crippen LogP contribution in [0.5, 0.6) is 5.75 Å². The lowest BCUT2D eigenvalue weighted by Crippen LogP contribution is -2.35. The number of carbonyl (C=O) groups is 2. The van der Waals surface area contributed by atoms with E-state index in [1.165, 1.54) is 13.5 Å². The average molecular weight is 506 g/mol. The number of benzene rings is 3. The molecule has 1 fully saturated rings. The molecule has 0 saturated carbocycles. The van der Waals surface area contributed by atoms with Crippen LogP contribution in [0.2, 0.25) is 5.02 Å². The molecule has 0 bridgehead atoms. The molecule has 0 aliphatic carbocycles. The second-order valence-corrected chi connectivity index (χ2v) is 8.99. The van der Waals surface area contributed by atoms with Gasteiger partial charge in [0.25, 0.3) is 5.91 Å². The highest BCUT2D eigenvalue weighted by Gasteiger charge is 2.18. The van der Waals surface area contributed by atoms with Crippen LogP contribution in [-0.4, -0.2) is 42.6 Å². The van der Waals surface area contributed by atoms with E-state index < -0.39 is 0 Å². The van der Waals surface area contributed by atoms with Crippen LogP contribution in [0.25, 0.3) is 0 Å². The number of nitrogens with zero attached hydrogens (tertiary/aromatic N) is 1. The van der Waals surface area contributed by atoms with Crippen molar-refractivity contribution in [2.75, 3.05) is 25.5 Å². The highest BCUT2D eigenvalue weighted by molar-refractivity contribution is 6.30. The van der Waals surface area contributed by atoms with Gasteiger partial charge in [0.15, 0.2) is 5.78 Å². The van der Waals surface area contributed by atoms with Gasteiger partial charge in [0.1, 0.15) is 11.6 Å². The molecule has 188 valence electrons. The number of likely N-dealkylation sites (tertiary alicyclic amines) is 1. The number of rotatable bonds is 7. The summed E-state index contributed by atoms with van der Waals surface area (Å²) in [7, 11) is 1.53. The zero-order valence-corrected chi connectivity index (χ0v) is 20.4. The van der Waals surface area contributed by atoms with Gasteiger partial charge in [-0.1, -0.05) is 49.4 Å². The second-order valence-electron chi connectivity index (χ2n) is 8.56. The number of halogens is 1. The highest BCUT2D eigenvalue weighted by atomic mass is 35.5. The summed E-state index contributed by atoms with van der Waals surface area (Å²) in [6.07, 6.45) is 3.49. The third-order valence-electron chi connectivity index (χ3n) is 6.17. The van der Waals surface area contributed by atoms with E-state index >= 15 is 0 Å². The van der Waals surface area contributed by atoms with Gasteiger partial charge in [-0.25, -0.2) is 0 Å². The summed E-state index contributed by atoms with van der Waals surface area (Å²) >= 11 is 5.93. The van der Waals surface area contributed by atoms with Gasteiger partial charge >= 0.3 is 0 Å². The third-order valence-corrected chi connectivity index (χ3v) is 6.42. The molecule has 4 rings (SSSR count). The van der Waals surface area contributed by atoms with Crippen LogP contribution in [0.1, 0.15) is 58.5 Å². The Morgan fingerprint density at radius 3 is 2.22 bits per heavy atom. The smallest absolute Gasteiger partial charge is 0.256 e. The van der Waals surface area contributed by atoms with Crippen LogP contribution in [0.4, 0.5) is 5.69 Å². The Labute approximate surface area is 217 Å². The normalized spacial score (nSPS) is 12.9. The number of ether oxygens (including phenoxy) is 1. The predicted octanol–water partition coefficient (Wildman–Crippen LogP) is 6.47. The van der Waals surface area contributed by atoms with E-state index in [9.17, 15) is 9.59 Å². The van der Waals surface area contributed by atoms with Crippen molar-refractivity contribution >= 4 is 34.8 Å². The maximum Gasteiger partial charge on any atom is 0.256 e. The average Bonchev–Trinajstić information content (AvgIpc) is 2.90. The van der Waals surface area contributed by atoms with Gasteiger partial charge in [-0.3, -0.25) is 15.0 Å². The lowest BCUT2D eigenvalue weighted by atomic mass is 9.97. The van der Waals surface area contributed by atoms with Crippen molar-refractivity contribution < 1.29 is 14.3 Å². The van der Waals surface area contributed by atoms with E-state index in [0.717, 1.165) is 31.5 Å². The summed E-state index contributed by atoms with van der Waals surface area (Å²) in [6.45, 7) is 1.80. The maximum atomic E-state index is 13.1. The van der Waals surface area contributed by atoms with Gasteiger partial charge in [0.2, 0.25) is 0 Å². The van der Waals surface area contributed by atoms with Gasteiger partial charge in [0.05, 0.1) is 7.11 Å². The largest absolute Gasteiger partial charge is 0.497 e. The molecule has 3 aromatic carbocycles. The van der Waals surface area contributed by atoms with Crippen LogP contribution < -0.4 is 10.1 Å². The van der Waals surface area contributed by atoms with Crippen molar-refractivity contribution in [3.63, 3.8) is 0 Å². The Balaban J connectivity index is 0.00000361. The van der Waals surface area contributed by atoms with Gasteiger partial charge in [-0.15, -0.1) is 0 Å². The number of nitrogens with one attached hydrogen (secondary N) is 2. The fraction of sp³-hybridized carbons (Fsp3) is 0.276. The summed E-state index contributed by atoms with van der Waals surface area (Å²) in [5.41, 5.74) is 2.92. The Morgan fingerprint density at radius 1 is 0.944 bits per heavy atom. The maximum absolute atomic E-state index is 13.1. The molecule has 1 heterocycles. The van der Waals surface area contributed by atoms with Crippen molar-refractivity contribution in [3.8, 4) is 5.75 Å². The molecule has 6 nitrogen and oxygen atoms in total. The van der Waals surface area contributed by atoms with E-state index in [-0.39, 0.29) is 25.5 Å². The van der Waals surface area contributed by atoms with Crippen LogP contribution in [0, 0.1) is 5.41 Å². The Kier molecular flexibility index (Phi) is 9.25. The molecule has 1 amide bonds. The van der Waals surface area contributed by atoms with Gasteiger partial charge in [-0.05, 0) is 61.2 Å². The van der Waals surface area contributed by atoms with Gasteiger partial charge in [0, 0.05) is 46.9 Å². The molecule has 7 heteroatoms. The zero-order valence-electron chi connectivity index (χ0n) is 19.6. The lowest BCUT2D eigenvalue weighted by Gasteiger charge is -2.29. The number of ketones is 1. The molecule has 0 spiro atoms. The molecule has 1 saturated heterocycles. The molecule has 0 radical (unpaired) electrons. The minimum Gasteiger partial charge on any atom is -0.497 e. The van der Waals surface area contributed by atoms with Crippen molar-refractivity contribution in [2.45, 2.75) is 33.1 Å². The summed E-state index contributed by atoms with van der Waals surface area (Å²) < 4.78 is 5.29. The number of hydrogen-bond donors (Lipinski definition) is 2. The number of amidine groups is 1. The number of piperidine rings is 1. The molecule has 0 unspecified atom stereocenters. The highest BCUT2D eigenvalue weighted by Crippen LogP contribution is 2.22. The standard InChI is InChI=1S/C28H28ClN3O3.CH4/c1-35-24-14-9-21(25(18-24)28(34)31-23-12-10-22(29)11-13-23)17-26(33)19-5-7-20(8-6-19)27(30)32-15-3-2-4-16-32;/h5-14,18,30H,2-4,15-17H2,1H3,(H,31,34);1H4. The number of hydrogen-bond acceptors (Lipinski definition) is 4. The molecule has 36 heavy (non-hydrogen) atoms. The SMILES string of the molecule is C.COc1ccc(CC(=O)c2ccc(C(=N)N3CCCCC3)cc2)c(C(=O)Nc2ccc(Cl)cc2)c1. The van der Waals surface area contributed by atoms with Crippen LogP contribution in [0.15, 0.2) is 66.7 Å². The molecular weight excluding hydrogens is 474 g/mol. The first-order valence-corrected chi connectivity index (χ1v) is 12.0. The Hall–Kier alpha value is -3.64. The van der Waals surface area contributed by atoms with Gasteiger partial charge in [-0.2, -0.15) is 0 Å².